The van der Waals surface area contributed by atoms with Crippen molar-refractivity contribution in [1.82, 2.24) is 0 Å². The third-order valence-corrected chi connectivity index (χ3v) is 5.42. The van der Waals surface area contributed by atoms with Crippen LogP contribution in [0.3, 0.4) is 0 Å². The molecule has 1 aromatic heterocycles. The van der Waals surface area contributed by atoms with E-state index in [9.17, 15) is 8.78 Å². The van der Waals surface area contributed by atoms with Crippen LogP contribution >= 0.6 is 11.3 Å². The second-order valence-corrected chi connectivity index (χ2v) is 7.45. The van der Waals surface area contributed by atoms with Crippen LogP contribution in [0.25, 0.3) is 10.1 Å². The number of halogens is 2. The molecule has 21 heavy (non-hydrogen) atoms. The molecule has 1 fully saturated rings. The summed E-state index contributed by atoms with van der Waals surface area (Å²) in [5, 5.41) is 0.808. The summed E-state index contributed by atoms with van der Waals surface area (Å²) in [5.41, 5.74) is 0.0462. The molecule has 0 saturated carbocycles. The molecule has 2 nitrogen and oxygen atoms in total. The molecule has 0 amide bonds. The Bertz CT molecular complexity index is 665. The van der Waals surface area contributed by atoms with E-state index in [0.29, 0.717) is 0 Å². The second kappa shape index (κ2) is 4.76. The highest BCUT2D eigenvalue weighted by atomic mass is 32.1. The number of fused-ring (bicyclic) bond motifs is 1. The van der Waals surface area contributed by atoms with Crippen LogP contribution in [0.2, 0.25) is 0 Å². The molecule has 0 bridgehead atoms. The number of hydrogen-bond acceptors (Lipinski definition) is 3. The first kappa shape index (κ1) is 14.9. The largest absolute Gasteiger partial charge is 0.494 e. The lowest BCUT2D eigenvalue weighted by atomic mass is 9.79. The van der Waals surface area contributed by atoms with E-state index in [1.807, 2.05) is 45.9 Å². The third kappa shape index (κ3) is 2.49. The number of rotatable bonds is 2. The maximum absolute atomic E-state index is 12.8. The van der Waals surface area contributed by atoms with Gasteiger partial charge >= 0.3 is 7.12 Å². The lowest BCUT2D eigenvalue weighted by Gasteiger charge is -2.32. The highest BCUT2D eigenvalue weighted by Crippen LogP contribution is 2.37. The minimum Gasteiger partial charge on any atom is -0.399 e. The molecular formula is C15H17BF2O2S. The Hall–Kier alpha value is -0.975. The molecule has 2 heterocycles. The SMILES string of the molecule is CC1(C)OB(c2ccc3sc(C(F)F)cc3c2)OC1(C)C. The average molecular weight is 310 g/mol. The predicted octanol–water partition coefficient (Wildman–Crippen LogP) is 4.14. The van der Waals surface area contributed by atoms with Gasteiger partial charge in [-0.15, -0.1) is 11.3 Å². The van der Waals surface area contributed by atoms with Crippen LogP contribution in [0.5, 0.6) is 0 Å². The van der Waals surface area contributed by atoms with E-state index in [2.05, 4.69) is 0 Å². The van der Waals surface area contributed by atoms with Crippen LogP contribution in [-0.4, -0.2) is 18.3 Å². The monoisotopic (exact) mass is 310 g/mol. The molecule has 0 atom stereocenters. The topological polar surface area (TPSA) is 18.5 Å². The van der Waals surface area contributed by atoms with Crippen molar-refractivity contribution >= 4 is 34.0 Å². The fourth-order valence-electron chi connectivity index (χ4n) is 2.32. The standard InChI is InChI=1S/C15H17BF2O2S/c1-14(2)15(3,4)20-16(19-14)10-5-6-11-9(7-10)8-12(21-11)13(17)18/h5-8,13H,1-4H3. The molecule has 6 heteroatoms. The molecule has 0 aliphatic carbocycles. The van der Waals surface area contributed by atoms with Crippen LogP contribution in [0, 0.1) is 0 Å². The van der Waals surface area contributed by atoms with Gasteiger partial charge in [-0.2, -0.15) is 0 Å². The van der Waals surface area contributed by atoms with E-state index in [-0.39, 0.29) is 4.88 Å². The predicted molar refractivity (Wildman–Crippen MR) is 82.5 cm³/mol. The maximum Gasteiger partial charge on any atom is 0.494 e. The summed E-state index contributed by atoms with van der Waals surface area (Å²) >= 11 is 1.12. The lowest BCUT2D eigenvalue weighted by molar-refractivity contribution is 0.00578. The zero-order chi connectivity index (χ0) is 15.4. The van der Waals surface area contributed by atoms with E-state index in [0.717, 1.165) is 26.9 Å². The quantitative estimate of drug-likeness (QED) is 0.776. The van der Waals surface area contributed by atoms with Gasteiger partial charge in [-0.1, -0.05) is 12.1 Å². The molecule has 2 aromatic rings. The Morgan fingerprint density at radius 3 is 2.24 bits per heavy atom. The Labute approximate surface area is 127 Å². The first-order valence-corrected chi connectivity index (χ1v) is 7.68. The van der Waals surface area contributed by atoms with Gasteiger partial charge in [0.05, 0.1) is 16.1 Å². The van der Waals surface area contributed by atoms with Gasteiger partial charge in [0.2, 0.25) is 0 Å². The zero-order valence-electron chi connectivity index (χ0n) is 12.4. The van der Waals surface area contributed by atoms with E-state index in [4.69, 9.17) is 9.31 Å². The van der Waals surface area contributed by atoms with Gasteiger partial charge in [-0.3, -0.25) is 0 Å². The van der Waals surface area contributed by atoms with Crippen molar-refractivity contribution in [2.24, 2.45) is 0 Å². The van der Waals surface area contributed by atoms with Crippen molar-refractivity contribution in [3.05, 3.63) is 29.1 Å². The fraction of sp³-hybridized carbons (Fsp3) is 0.467. The zero-order valence-corrected chi connectivity index (χ0v) is 13.3. The van der Waals surface area contributed by atoms with Crippen LogP contribution in [0.1, 0.15) is 39.0 Å². The van der Waals surface area contributed by atoms with Crippen LogP contribution in [0.15, 0.2) is 24.3 Å². The molecule has 0 unspecified atom stereocenters. The lowest BCUT2D eigenvalue weighted by Crippen LogP contribution is -2.41. The van der Waals surface area contributed by atoms with E-state index in [1.54, 1.807) is 6.07 Å². The van der Waals surface area contributed by atoms with Crippen molar-refractivity contribution in [3.63, 3.8) is 0 Å². The van der Waals surface area contributed by atoms with Crippen LogP contribution < -0.4 is 5.46 Å². The van der Waals surface area contributed by atoms with Crippen molar-refractivity contribution in [1.29, 1.82) is 0 Å². The summed E-state index contributed by atoms with van der Waals surface area (Å²) in [6.45, 7) is 7.96. The van der Waals surface area contributed by atoms with Gasteiger partial charge in [0.25, 0.3) is 6.43 Å². The molecular weight excluding hydrogens is 293 g/mol. The van der Waals surface area contributed by atoms with Crippen molar-refractivity contribution in [2.75, 3.05) is 0 Å². The number of hydrogen-bond donors (Lipinski definition) is 0. The minimum atomic E-state index is -2.43. The number of thiophene rings is 1. The molecule has 0 radical (unpaired) electrons. The Kier molecular flexibility index (Phi) is 3.39. The first-order valence-electron chi connectivity index (χ1n) is 6.87. The van der Waals surface area contributed by atoms with Crippen molar-refractivity contribution in [3.8, 4) is 0 Å². The molecule has 0 N–H and O–H groups in total. The minimum absolute atomic E-state index is 0.0936. The smallest absolute Gasteiger partial charge is 0.399 e. The third-order valence-electron chi connectivity index (χ3n) is 4.30. The Morgan fingerprint density at radius 2 is 1.67 bits per heavy atom. The second-order valence-electron chi connectivity index (χ2n) is 6.33. The summed E-state index contributed by atoms with van der Waals surface area (Å²) in [6, 6.07) is 7.15. The number of benzene rings is 1. The molecule has 1 saturated heterocycles. The van der Waals surface area contributed by atoms with Crippen molar-refractivity contribution in [2.45, 2.75) is 45.3 Å². The highest BCUT2D eigenvalue weighted by molar-refractivity contribution is 7.19. The molecule has 1 aliphatic heterocycles. The van der Waals surface area contributed by atoms with Gasteiger partial charge in [0.1, 0.15) is 0 Å². The van der Waals surface area contributed by atoms with Gasteiger partial charge < -0.3 is 9.31 Å². The fourth-order valence-corrected chi connectivity index (χ4v) is 3.22. The molecule has 1 aromatic carbocycles. The maximum atomic E-state index is 12.8. The van der Waals surface area contributed by atoms with Gasteiger partial charge in [0.15, 0.2) is 0 Å². The number of alkyl halides is 2. The normalized spacial score (nSPS) is 20.6. The Morgan fingerprint density at radius 1 is 1.05 bits per heavy atom. The summed E-state index contributed by atoms with van der Waals surface area (Å²) in [7, 11) is -0.464. The van der Waals surface area contributed by atoms with Gasteiger partial charge in [-0.25, -0.2) is 8.78 Å². The van der Waals surface area contributed by atoms with Crippen molar-refractivity contribution < 1.29 is 18.1 Å². The first-order chi connectivity index (χ1) is 9.69. The summed E-state index contributed by atoms with van der Waals surface area (Å²) in [4.78, 5) is 0.0936. The van der Waals surface area contributed by atoms with E-state index in [1.165, 1.54) is 0 Å². The van der Waals surface area contributed by atoms with Gasteiger partial charge in [0, 0.05) is 4.70 Å². The average Bonchev–Trinajstić information content (AvgIpc) is 2.88. The molecule has 3 rings (SSSR count). The highest BCUT2D eigenvalue weighted by Gasteiger charge is 2.51. The van der Waals surface area contributed by atoms with E-state index < -0.39 is 24.7 Å². The summed E-state index contributed by atoms with van der Waals surface area (Å²) in [6.07, 6.45) is -2.43. The van der Waals surface area contributed by atoms with Crippen LogP contribution in [0.4, 0.5) is 8.78 Å². The van der Waals surface area contributed by atoms with Crippen LogP contribution in [-0.2, 0) is 9.31 Å². The molecule has 0 spiro atoms. The summed E-state index contributed by atoms with van der Waals surface area (Å²) in [5.74, 6) is 0. The van der Waals surface area contributed by atoms with Gasteiger partial charge in [-0.05, 0) is 50.7 Å². The molecule has 1 aliphatic rings. The summed E-state index contributed by atoms with van der Waals surface area (Å²) < 4.78 is 38.4. The molecule has 112 valence electrons. The van der Waals surface area contributed by atoms with E-state index >= 15 is 0 Å². The Balaban J connectivity index is 1.95.